The predicted octanol–water partition coefficient (Wildman–Crippen LogP) is 0.232. The Balaban J connectivity index is 1.76. The molecule has 2 aromatic heterocycles. The Morgan fingerprint density at radius 2 is 2.33 bits per heavy atom. The Morgan fingerprint density at radius 3 is 3.06 bits per heavy atom. The number of carbonyl (C=O) groups is 1. The molecule has 1 amide bonds. The van der Waals surface area contributed by atoms with Gasteiger partial charge < -0.3 is 10.4 Å². The Morgan fingerprint density at radius 1 is 1.50 bits per heavy atom. The minimum atomic E-state index is -0.169. The van der Waals surface area contributed by atoms with Gasteiger partial charge in [0.2, 0.25) is 0 Å². The summed E-state index contributed by atoms with van der Waals surface area (Å²) in [6, 6.07) is 0. The van der Waals surface area contributed by atoms with Crippen LogP contribution in [0.1, 0.15) is 23.2 Å². The van der Waals surface area contributed by atoms with Gasteiger partial charge >= 0.3 is 0 Å². The van der Waals surface area contributed by atoms with Gasteiger partial charge in [0, 0.05) is 24.4 Å². The van der Waals surface area contributed by atoms with Crippen LogP contribution >= 0.6 is 0 Å². The minimum absolute atomic E-state index is 0.0864. The van der Waals surface area contributed by atoms with Gasteiger partial charge in [-0.15, -0.1) is 0 Å². The number of nitrogens with one attached hydrogen (secondary N) is 1. The van der Waals surface area contributed by atoms with Gasteiger partial charge in [0.05, 0.1) is 30.1 Å². The highest BCUT2D eigenvalue weighted by molar-refractivity contribution is 6.00. The van der Waals surface area contributed by atoms with E-state index in [1.165, 1.54) is 6.20 Å². The van der Waals surface area contributed by atoms with Crippen molar-refractivity contribution in [2.75, 3.05) is 13.2 Å². The summed E-state index contributed by atoms with van der Waals surface area (Å²) in [7, 11) is 0. The van der Waals surface area contributed by atoms with E-state index in [0.29, 0.717) is 17.6 Å². The summed E-state index contributed by atoms with van der Waals surface area (Å²) in [5.41, 5.74) is 1.11. The smallest absolute Gasteiger partial charge is 0.255 e. The summed E-state index contributed by atoms with van der Waals surface area (Å²) in [5, 5.41) is 16.1. The molecule has 2 aromatic rings. The molecule has 0 atom stereocenters. The molecule has 0 aliphatic heterocycles. The summed E-state index contributed by atoms with van der Waals surface area (Å²) in [6.07, 6.45) is 8.40. The van der Waals surface area contributed by atoms with Crippen LogP contribution in [0.5, 0.6) is 0 Å². The lowest BCUT2D eigenvalue weighted by molar-refractivity contribution is 0.0937. The molecular formula is C12H14N4O2. The average Bonchev–Trinajstić information content (AvgIpc) is 3.07. The van der Waals surface area contributed by atoms with Crippen LogP contribution in [0.2, 0.25) is 0 Å². The molecule has 2 heterocycles. The third-order valence-electron chi connectivity index (χ3n) is 3.49. The summed E-state index contributed by atoms with van der Waals surface area (Å²) in [6.45, 7) is 0.642. The van der Waals surface area contributed by atoms with Crippen molar-refractivity contribution in [3.63, 3.8) is 0 Å². The summed E-state index contributed by atoms with van der Waals surface area (Å²) in [5.74, 6) is -0.169. The number of aliphatic hydroxyl groups excluding tert-OH is 1. The van der Waals surface area contributed by atoms with Crippen molar-refractivity contribution in [1.82, 2.24) is 19.9 Å². The normalized spacial score (nSPS) is 16.7. The van der Waals surface area contributed by atoms with E-state index in [2.05, 4.69) is 15.4 Å². The molecule has 1 aliphatic carbocycles. The predicted molar refractivity (Wildman–Crippen MR) is 64.1 cm³/mol. The number of rotatable bonds is 4. The molecular weight excluding hydrogens is 232 g/mol. The van der Waals surface area contributed by atoms with Gasteiger partial charge in [-0.3, -0.25) is 9.78 Å². The molecule has 0 radical (unpaired) electrons. The zero-order valence-corrected chi connectivity index (χ0v) is 9.83. The van der Waals surface area contributed by atoms with Crippen molar-refractivity contribution in [1.29, 1.82) is 0 Å². The molecule has 1 saturated carbocycles. The van der Waals surface area contributed by atoms with Crippen molar-refractivity contribution in [3.05, 3.63) is 30.4 Å². The molecule has 2 N–H and O–H groups in total. The first-order valence-corrected chi connectivity index (χ1v) is 5.91. The molecule has 0 spiro atoms. The zero-order chi connectivity index (χ0) is 12.6. The van der Waals surface area contributed by atoms with Gasteiger partial charge in [-0.2, -0.15) is 5.10 Å². The molecule has 0 aromatic carbocycles. The fraction of sp³-hybridized carbons (Fsp3) is 0.417. The van der Waals surface area contributed by atoms with E-state index < -0.39 is 0 Å². The van der Waals surface area contributed by atoms with Gasteiger partial charge in [-0.1, -0.05) is 0 Å². The van der Waals surface area contributed by atoms with E-state index in [9.17, 15) is 9.90 Å². The second-order valence-electron chi connectivity index (χ2n) is 4.81. The highest BCUT2D eigenvalue weighted by atomic mass is 16.3. The summed E-state index contributed by atoms with van der Waals surface area (Å²) >= 11 is 0. The first kappa shape index (κ1) is 11.2. The highest BCUT2D eigenvalue weighted by Crippen LogP contribution is 2.44. The topological polar surface area (TPSA) is 79.5 Å². The van der Waals surface area contributed by atoms with Crippen LogP contribution in [0.3, 0.4) is 0 Å². The first-order chi connectivity index (χ1) is 8.74. The van der Waals surface area contributed by atoms with Crippen LogP contribution in [0.4, 0.5) is 0 Å². The molecule has 1 fully saturated rings. The van der Waals surface area contributed by atoms with Crippen molar-refractivity contribution < 1.29 is 9.90 Å². The van der Waals surface area contributed by atoms with E-state index in [4.69, 9.17) is 0 Å². The number of aliphatic hydroxyl groups is 1. The molecule has 18 heavy (non-hydrogen) atoms. The Kier molecular flexibility index (Phi) is 2.52. The molecule has 0 unspecified atom stereocenters. The second-order valence-corrected chi connectivity index (χ2v) is 4.81. The maximum absolute atomic E-state index is 12.0. The van der Waals surface area contributed by atoms with Crippen LogP contribution in [0, 0.1) is 5.41 Å². The fourth-order valence-electron chi connectivity index (χ4n) is 1.94. The Hall–Kier alpha value is -1.95. The number of amides is 1. The third kappa shape index (κ3) is 1.84. The standard InChI is InChI=1S/C12H14N4O2/c17-8-12(1-2-12)7-14-11(18)9-5-15-16-4-3-13-6-10(9)16/h3-6,17H,1-2,7-8H2,(H,14,18). The quantitative estimate of drug-likeness (QED) is 0.809. The summed E-state index contributed by atoms with van der Waals surface area (Å²) in [4.78, 5) is 16.0. The van der Waals surface area contributed by atoms with Crippen molar-refractivity contribution in [2.24, 2.45) is 5.41 Å². The zero-order valence-electron chi connectivity index (χ0n) is 9.83. The average molecular weight is 246 g/mol. The van der Waals surface area contributed by atoms with E-state index >= 15 is 0 Å². The van der Waals surface area contributed by atoms with E-state index in [-0.39, 0.29) is 17.9 Å². The second kappa shape index (κ2) is 4.06. The third-order valence-corrected chi connectivity index (χ3v) is 3.49. The van der Waals surface area contributed by atoms with Crippen molar-refractivity contribution in [3.8, 4) is 0 Å². The minimum Gasteiger partial charge on any atom is -0.396 e. The maximum atomic E-state index is 12.0. The lowest BCUT2D eigenvalue weighted by Crippen LogP contribution is -2.31. The van der Waals surface area contributed by atoms with Crippen LogP contribution in [0.15, 0.2) is 24.8 Å². The van der Waals surface area contributed by atoms with Gasteiger partial charge in [-0.25, -0.2) is 4.52 Å². The number of nitrogens with zero attached hydrogens (tertiary/aromatic N) is 3. The van der Waals surface area contributed by atoms with Crippen LogP contribution < -0.4 is 5.32 Å². The molecule has 94 valence electrons. The van der Waals surface area contributed by atoms with Gasteiger partial charge in [-0.05, 0) is 12.8 Å². The number of hydrogen-bond acceptors (Lipinski definition) is 4. The fourth-order valence-corrected chi connectivity index (χ4v) is 1.94. The lowest BCUT2D eigenvalue weighted by atomic mass is 10.1. The van der Waals surface area contributed by atoms with E-state index in [0.717, 1.165) is 12.8 Å². The van der Waals surface area contributed by atoms with Gasteiger partial charge in [0.25, 0.3) is 5.91 Å². The lowest BCUT2D eigenvalue weighted by Gasteiger charge is -2.11. The van der Waals surface area contributed by atoms with Crippen LogP contribution in [-0.2, 0) is 0 Å². The number of aromatic nitrogens is 3. The van der Waals surface area contributed by atoms with E-state index in [1.807, 2.05) is 0 Å². The molecule has 0 saturated heterocycles. The Labute approximate surface area is 104 Å². The summed E-state index contributed by atoms with van der Waals surface area (Å²) < 4.78 is 1.61. The monoisotopic (exact) mass is 246 g/mol. The van der Waals surface area contributed by atoms with Crippen LogP contribution in [-0.4, -0.2) is 38.8 Å². The van der Waals surface area contributed by atoms with Gasteiger partial charge in [0.1, 0.15) is 0 Å². The largest absolute Gasteiger partial charge is 0.396 e. The Bertz CT molecular complexity index is 589. The number of fused-ring (bicyclic) bond motifs is 1. The van der Waals surface area contributed by atoms with Crippen molar-refractivity contribution >= 4 is 11.4 Å². The van der Waals surface area contributed by atoms with Crippen molar-refractivity contribution in [2.45, 2.75) is 12.8 Å². The molecule has 3 rings (SSSR count). The van der Waals surface area contributed by atoms with Crippen LogP contribution in [0.25, 0.3) is 5.52 Å². The maximum Gasteiger partial charge on any atom is 0.255 e. The molecule has 6 heteroatoms. The van der Waals surface area contributed by atoms with E-state index in [1.54, 1.807) is 23.1 Å². The number of carbonyl (C=O) groups excluding carboxylic acids is 1. The first-order valence-electron chi connectivity index (χ1n) is 5.91. The number of hydrogen-bond donors (Lipinski definition) is 2. The van der Waals surface area contributed by atoms with Gasteiger partial charge in [0.15, 0.2) is 0 Å². The molecule has 6 nitrogen and oxygen atoms in total. The molecule has 0 bridgehead atoms. The molecule has 1 aliphatic rings. The SMILES string of the molecule is O=C(NCC1(CO)CC1)c1cnn2ccncc12. The highest BCUT2D eigenvalue weighted by Gasteiger charge is 2.42.